The molecule has 0 bridgehead atoms. The number of hydrogen-bond acceptors (Lipinski definition) is 2. The molecule has 3 N–H and O–H groups in total. The van der Waals surface area contributed by atoms with Crippen LogP contribution in [-0.4, -0.2) is 4.98 Å². The zero-order valence-electron chi connectivity index (χ0n) is 7.68. The first-order valence-electron chi connectivity index (χ1n) is 4.33. The molecule has 0 fully saturated rings. The molecule has 1 heterocycles. The minimum Gasteiger partial charge on any atom is -0.360 e. The molecular weight excluding hydrogens is 202 g/mol. The maximum atomic E-state index is 13.3. The van der Waals surface area contributed by atoms with Crippen LogP contribution in [0.15, 0.2) is 23.1 Å². The van der Waals surface area contributed by atoms with Gasteiger partial charge in [0, 0.05) is 24.4 Å². The summed E-state index contributed by atoms with van der Waals surface area (Å²) < 4.78 is 26.1. The standard InChI is InChI=1S/C10H8F2N2O/c11-6-1-7(12)9-8(2-6)14-4-5(3-13)10(9)15/h1-2,4H,3,13H2,(H,14,15). The zero-order valence-corrected chi connectivity index (χ0v) is 7.68. The summed E-state index contributed by atoms with van der Waals surface area (Å²) in [5, 5.41) is -0.153. The molecule has 0 amide bonds. The first-order valence-corrected chi connectivity index (χ1v) is 4.33. The third-order valence-corrected chi connectivity index (χ3v) is 2.20. The molecule has 2 aromatic rings. The van der Waals surface area contributed by atoms with Crippen LogP contribution in [-0.2, 0) is 6.54 Å². The Kier molecular flexibility index (Phi) is 2.24. The second kappa shape index (κ2) is 3.43. The lowest BCUT2D eigenvalue weighted by Crippen LogP contribution is -2.15. The van der Waals surface area contributed by atoms with Crippen molar-refractivity contribution in [2.45, 2.75) is 6.54 Å². The fraction of sp³-hybridized carbons (Fsp3) is 0.100. The lowest BCUT2D eigenvalue weighted by Gasteiger charge is -2.02. The van der Waals surface area contributed by atoms with Crippen molar-refractivity contribution in [3.63, 3.8) is 0 Å². The number of H-pyrrole nitrogens is 1. The maximum absolute atomic E-state index is 13.3. The molecule has 1 aromatic heterocycles. The number of nitrogens with two attached hydrogens (primary N) is 1. The summed E-state index contributed by atoms with van der Waals surface area (Å²) in [6.45, 7) is 0.0160. The van der Waals surface area contributed by atoms with E-state index in [0.29, 0.717) is 6.07 Å². The van der Waals surface area contributed by atoms with E-state index >= 15 is 0 Å². The second-order valence-corrected chi connectivity index (χ2v) is 3.16. The number of nitrogens with one attached hydrogen (secondary N) is 1. The number of benzene rings is 1. The van der Waals surface area contributed by atoms with Crippen LogP contribution in [0.1, 0.15) is 5.56 Å². The molecule has 0 radical (unpaired) electrons. The quantitative estimate of drug-likeness (QED) is 0.744. The molecule has 0 aliphatic heterocycles. The van der Waals surface area contributed by atoms with Crippen molar-refractivity contribution in [2.24, 2.45) is 5.73 Å². The summed E-state index contributed by atoms with van der Waals surface area (Å²) in [7, 11) is 0. The van der Waals surface area contributed by atoms with Gasteiger partial charge in [-0.25, -0.2) is 8.78 Å². The molecule has 0 saturated heterocycles. The Morgan fingerprint density at radius 3 is 2.73 bits per heavy atom. The van der Waals surface area contributed by atoms with Crippen LogP contribution in [0.2, 0.25) is 0 Å². The van der Waals surface area contributed by atoms with Gasteiger partial charge in [-0.15, -0.1) is 0 Å². The van der Waals surface area contributed by atoms with E-state index in [4.69, 9.17) is 5.73 Å². The van der Waals surface area contributed by atoms with Gasteiger partial charge in [-0.1, -0.05) is 0 Å². The van der Waals surface area contributed by atoms with E-state index in [9.17, 15) is 13.6 Å². The third-order valence-electron chi connectivity index (χ3n) is 2.20. The highest BCUT2D eigenvalue weighted by atomic mass is 19.1. The monoisotopic (exact) mass is 210 g/mol. The molecule has 2 rings (SSSR count). The molecule has 0 saturated carbocycles. The lowest BCUT2D eigenvalue weighted by molar-refractivity contribution is 0.591. The van der Waals surface area contributed by atoms with Crippen molar-refractivity contribution in [2.75, 3.05) is 0 Å². The van der Waals surface area contributed by atoms with Crippen molar-refractivity contribution in [1.82, 2.24) is 4.98 Å². The predicted octanol–water partition coefficient (Wildman–Crippen LogP) is 1.26. The number of fused-ring (bicyclic) bond motifs is 1. The molecule has 0 spiro atoms. The van der Waals surface area contributed by atoms with E-state index in [1.165, 1.54) is 6.20 Å². The van der Waals surface area contributed by atoms with Gasteiger partial charge >= 0.3 is 0 Å². The molecule has 3 nitrogen and oxygen atoms in total. The molecule has 0 atom stereocenters. The minimum absolute atomic E-state index is 0.0160. The van der Waals surface area contributed by atoms with Crippen molar-refractivity contribution in [3.05, 3.63) is 45.8 Å². The van der Waals surface area contributed by atoms with Crippen LogP contribution >= 0.6 is 0 Å². The molecule has 0 aliphatic carbocycles. The number of aromatic nitrogens is 1. The van der Waals surface area contributed by atoms with Crippen molar-refractivity contribution >= 4 is 10.9 Å². The maximum Gasteiger partial charge on any atom is 0.196 e. The highest BCUT2D eigenvalue weighted by molar-refractivity contribution is 5.79. The number of pyridine rings is 1. The molecular formula is C10H8F2N2O. The van der Waals surface area contributed by atoms with E-state index in [0.717, 1.165) is 6.07 Å². The number of hydrogen-bond donors (Lipinski definition) is 2. The zero-order chi connectivity index (χ0) is 11.0. The molecule has 1 aromatic carbocycles. The van der Waals surface area contributed by atoms with E-state index in [2.05, 4.69) is 4.98 Å². The first-order chi connectivity index (χ1) is 7.13. The summed E-state index contributed by atoms with van der Waals surface area (Å²) in [6.07, 6.45) is 1.36. The van der Waals surface area contributed by atoms with Gasteiger partial charge in [-0.2, -0.15) is 0 Å². The summed E-state index contributed by atoms with van der Waals surface area (Å²) in [5.41, 5.74) is 5.21. The smallest absolute Gasteiger partial charge is 0.196 e. The third kappa shape index (κ3) is 1.50. The van der Waals surface area contributed by atoms with Gasteiger partial charge in [0.05, 0.1) is 10.9 Å². The second-order valence-electron chi connectivity index (χ2n) is 3.16. The van der Waals surface area contributed by atoms with E-state index in [1.807, 2.05) is 0 Å². The Balaban J connectivity index is 2.93. The van der Waals surface area contributed by atoms with Gasteiger partial charge in [-0.3, -0.25) is 4.79 Å². The van der Waals surface area contributed by atoms with Gasteiger partial charge in [0.25, 0.3) is 0 Å². The van der Waals surface area contributed by atoms with Gasteiger partial charge in [0.15, 0.2) is 5.43 Å². The first kappa shape index (κ1) is 9.79. The Bertz CT molecular complexity index is 577. The van der Waals surface area contributed by atoms with Crippen LogP contribution in [0, 0.1) is 11.6 Å². The van der Waals surface area contributed by atoms with Crippen molar-refractivity contribution in [1.29, 1.82) is 0 Å². The van der Waals surface area contributed by atoms with Crippen LogP contribution in [0.25, 0.3) is 10.9 Å². The van der Waals surface area contributed by atoms with Crippen LogP contribution in [0.3, 0.4) is 0 Å². The highest BCUT2D eigenvalue weighted by Crippen LogP contribution is 2.14. The summed E-state index contributed by atoms with van der Waals surface area (Å²) in [6, 6.07) is 1.75. The minimum atomic E-state index is -0.874. The number of halogens is 2. The number of aromatic amines is 1. The number of rotatable bonds is 1. The summed E-state index contributed by atoms with van der Waals surface area (Å²) in [5.74, 6) is -1.60. The molecule has 5 heteroatoms. The average molecular weight is 210 g/mol. The Morgan fingerprint density at radius 1 is 1.33 bits per heavy atom. The molecule has 0 unspecified atom stereocenters. The summed E-state index contributed by atoms with van der Waals surface area (Å²) in [4.78, 5) is 14.3. The highest BCUT2D eigenvalue weighted by Gasteiger charge is 2.10. The Hall–Kier alpha value is -1.75. The van der Waals surface area contributed by atoms with E-state index in [-0.39, 0.29) is 23.0 Å². The topological polar surface area (TPSA) is 58.9 Å². The van der Waals surface area contributed by atoms with Gasteiger partial charge in [0.1, 0.15) is 11.6 Å². The molecule has 78 valence electrons. The normalized spacial score (nSPS) is 10.9. The molecule has 15 heavy (non-hydrogen) atoms. The van der Waals surface area contributed by atoms with Gasteiger partial charge in [0.2, 0.25) is 0 Å². The largest absolute Gasteiger partial charge is 0.360 e. The van der Waals surface area contributed by atoms with E-state index < -0.39 is 17.1 Å². The fourth-order valence-corrected chi connectivity index (χ4v) is 1.46. The van der Waals surface area contributed by atoms with Crippen LogP contribution < -0.4 is 11.2 Å². The average Bonchev–Trinajstić information content (AvgIpc) is 2.17. The van der Waals surface area contributed by atoms with Crippen molar-refractivity contribution in [3.8, 4) is 0 Å². The lowest BCUT2D eigenvalue weighted by atomic mass is 10.1. The van der Waals surface area contributed by atoms with Crippen molar-refractivity contribution < 1.29 is 8.78 Å². The molecule has 0 aliphatic rings. The predicted molar refractivity (Wildman–Crippen MR) is 52.4 cm³/mol. The van der Waals surface area contributed by atoms with Gasteiger partial charge in [-0.05, 0) is 6.07 Å². The Morgan fingerprint density at radius 2 is 2.07 bits per heavy atom. The van der Waals surface area contributed by atoms with Crippen LogP contribution in [0.4, 0.5) is 8.78 Å². The van der Waals surface area contributed by atoms with Crippen LogP contribution in [0.5, 0.6) is 0 Å². The SMILES string of the molecule is NCc1c[nH]c2cc(F)cc(F)c2c1=O. The summed E-state index contributed by atoms with van der Waals surface area (Å²) >= 11 is 0. The fourth-order valence-electron chi connectivity index (χ4n) is 1.46. The van der Waals surface area contributed by atoms with Gasteiger partial charge < -0.3 is 10.7 Å². The van der Waals surface area contributed by atoms with E-state index in [1.54, 1.807) is 0 Å². The Labute approximate surface area is 83.5 Å².